The van der Waals surface area contributed by atoms with Crippen LogP contribution in [0.25, 0.3) is 0 Å². The number of carbonyl (C=O) groups is 1. The van der Waals surface area contributed by atoms with Crippen LogP contribution >= 0.6 is 11.3 Å². The van der Waals surface area contributed by atoms with E-state index in [1.165, 1.54) is 17.4 Å². The zero-order chi connectivity index (χ0) is 21.8. The lowest BCUT2D eigenvalue weighted by Gasteiger charge is -2.35. The van der Waals surface area contributed by atoms with Crippen LogP contribution in [0.5, 0.6) is 0 Å². The van der Waals surface area contributed by atoms with Crippen molar-refractivity contribution in [3.05, 3.63) is 59.4 Å². The van der Waals surface area contributed by atoms with Crippen molar-refractivity contribution in [2.24, 2.45) is 0 Å². The fourth-order valence-electron chi connectivity index (χ4n) is 3.18. The van der Waals surface area contributed by atoms with Crippen molar-refractivity contribution < 1.29 is 18.0 Å². The van der Waals surface area contributed by atoms with E-state index < -0.39 is 11.7 Å². The first kappa shape index (κ1) is 21.0. The van der Waals surface area contributed by atoms with Gasteiger partial charge < -0.3 is 15.1 Å². The second-order valence-corrected chi connectivity index (χ2v) is 7.79. The van der Waals surface area contributed by atoms with Crippen molar-refractivity contribution in [2.45, 2.75) is 12.6 Å². The summed E-state index contributed by atoms with van der Waals surface area (Å²) in [5.74, 6) is 1.13. The second kappa shape index (κ2) is 8.88. The normalized spacial score (nSPS) is 14.5. The van der Waals surface area contributed by atoms with E-state index in [1.807, 2.05) is 28.5 Å². The summed E-state index contributed by atoms with van der Waals surface area (Å²) in [5.41, 5.74) is -0.0921. The molecule has 4 rings (SSSR count). The van der Waals surface area contributed by atoms with Crippen LogP contribution < -0.4 is 10.2 Å². The lowest BCUT2D eigenvalue weighted by molar-refractivity contribution is -0.137. The molecule has 0 aromatic carbocycles. The van der Waals surface area contributed by atoms with Gasteiger partial charge in [-0.2, -0.15) is 13.2 Å². The van der Waals surface area contributed by atoms with Gasteiger partial charge in [-0.15, -0.1) is 11.3 Å². The average molecular weight is 448 g/mol. The van der Waals surface area contributed by atoms with Crippen molar-refractivity contribution in [1.82, 2.24) is 19.9 Å². The Morgan fingerprint density at radius 2 is 1.90 bits per heavy atom. The maximum absolute atomic E-state index is 12.7. The molecule has 1 aliphatic rings. The molecular weight excluding hydrogens is 429 g/mol. The Hall–Kier alpha value is -3.21. The van der Waals surface area contributed by atoms with Crippen LogP contribution in [0.2, 0.25) is 0 Å². The minimum absolute atomic E-state index is 0.0327. The van der Waals surface area contributed by atoms with E-state index in [2.05, 4.69) is 20.3 Å². The number of nitrogens with zero attached hydrogens (tertiary/aromatic N) is 5. The van der Waals surface area contributed by atoms with Gasteiger partial charge in [0.1, 0.15) is 11.6 Å². The van der Waals surface area contributed by atoms with Gasteiger partial charge in [-0.1, -0.05) is 6.07 Å². The lowest BCUT2D eigenvalue weighted by atomic mass is 10.2. The Bertz CT molecular complexity index is 1020. The summed E-state index contributed by atoms with van der Waals surface area (Å²) in [4.78, 5) is 28.8. The third-order valence-electron chi connectivity index (χ3n) is 4.82. The predicted octanol–water partition coefficient (Wildman–Crippen LogP) is 3.59. The van der Waals surface area contributed by atoms with Crippen molar-refractivity contribution >= 4 is 34.0 Å². The van der Waals surface area contributed by atoms with Crippen molar-refractivity contribution in [2.75, 3.05) is 36.4 Å². The number of anilines is 3. The molecule has 0 saturated carbocycles. The lowest BCUT2D eigenvalue weighted by Crippen LogP contribution is -2.49. The minimum atomic E-state index is -4.40. The Balaban J connectivity index is 1.29. The van der Waals surface area contributed by atoms with Crippen LogP contribution in [0.4, 0.5) is 29.9 Å². The Morgan fingerprint density at radius 3 is 2.55 bits per heavy atom. The van der Waals surface area contributed by atoms with E-state index in [-0.39, 0.29) is 12.3 Å². The molecule has 0 atom stereocenters. The highest BCUT2D eigenvalue weighted by molar-refractivity contribution is 7.13. The Kier molecular flexibility index (Phi) is 6.03. The zero-order valence-corrected chi connectivity index (χ0v) is 17.2. The molecule has 3 aromatic rings. The summed E-state index contributed by atoms with van der Waals surface area (Å²) < 4.78 is 38.0. The summed E-state index contributed by atoms with van der Waals surface area (Å²) in [6, 6.07) is 7.92. The summed E-state index contributed by atoms with van der Waals surface area (Å²) in [7, 11) is 0. The fraction of sp³-hybridized carbons (Fsp3) is 0.300. The number of halogens is 3. The van der Waals surface area contributed by atoms with Crippen LogP contribution in [0, 0.1) is 0 Å². The van der Waals surface area contributed by atoms with Gasteiger partial charge in [0.2, 0.25) is 5.91 Å². The van der Waals surface area contributed by atoms with Crippen LogP contribution in [0.3, 0.4) is 0 Å². The van der Waals surface area contributed by atoms with Crippen LogP contribution in [-0.4, -0.2) is 51.9 Å². The fourth-order valence-corrected chi connectivity index (χ4v) is 3.90. The standard InChI is InChI=1S/C20H19F3N6OS/c21-20(22,23)14-4-5-17(25-12-14)28-7-9-29(10-8-28)18(30)11-15-13-31-19(26-15)27-16-3-1-2-6-24-16/h1-6,12-13H,7-11H2,(H,24,26,27). The van der Waals surface area contributed by atoms with Gasteiger partial charge in [-0.05, 0) is 24.3 Å². The Morgan fingerprint density at radius 1 is 1.10 bits per heavy atom. The number of nitrogens with one attached hydrogen (secondary N) is 1. The average Bonchev–Trinajstić information content (AvgIpc) is 3.20. The number of pyridine rings is 2. The second-order valence-electron chi connectivity index (χ2n) is 6.93. The molecule has 0 bridgehead atoms. The highest BCUT2D eigenvalue weighted by Crippen LogP contribution is 2.29. The molecule has 0 radical (unpaired) electrons. The van der Waals surface area contributed by atoms with Crippen LogP contribution in [-0.2, 0) is 17.4 Å². The molecule has 0 unspecified atom stereocenters. The zero-order valence-electron chi connectivity index (χ0n) is 16.3. The number of thiazole rings is 1. The molecule has 4 heterocycles. The van der Waals surface area contributed by atoms with Crippen molar-refractivity contribution in [3.8, 4) is 0 Å². The number of amides is 1. The molecule has 0 aliphatic carbocycles. The van der Waals surface area contributed by atoms with Crippen LogP contribution in [0.15, 0.2) is 48.1 Å². The maximum atomic E-state index is 12.7. The molecule has 1 N–H and O–H groups in total. The summed E-state index contributed by atoms with van der Waals surface area (Å²) in [6.45, 7) is 1.97. The van der Waals surface area contributed by atoms with Gasteiger partial charge in [-0.25, -0.2) is 15.0 Å². The number of aromatic nitrogens is 3. The molecule has 1 fully saturated rings. The van der Waals surface area contributed by atoms with E-state index >= 15 is 0 Å². The van der Waals surface area contributed by atoms with Gasteiger partial charge in [0.25, 0.3) is 0 Å². The third kappa shape index (κ3) is 5.29. The maximum Gasteiger partial charge on any atom is 0.417 e. The first-order chi connectivity index (χ1) is 14.9. The largest absolute Gasteiger partial charge is 0.417 e. The molecule has 7 nitrogen and oxygen atoms in total. The molecule has 0 spiro atoms. The number of alkyl halides is 3. The molecular formula is C20H19F3N6OS. The summed E-state index contributed by atoms with van der Waals surface area (Å²) in [6.07, 6.45) is -1.69. The molecule has 1 aliphatic heterocycles. The quantitative estimate of drug-likeness (QED) is 0.643. The number of rotatable bonds is 5. The van der Waals surface area contributed by atoms with Gasteiger partial charge in [0.05, 0.1) is 17.7 Å². The van der Waals surface area contributed by atoms with E-state index in [0.29, 0.717) is 48.6 Å². The van der Waals surface area contributed by atoms with E-state index in [9.17, 15) is 18.0 Å². The Labute approximate surface area is 180 Å². The van der Waals surface area contributed by atoms with Crippen LogP contribution in [0.1, 0.15) is 11.3 Å². The molecule has 1 amide bonds. The van der Waals surface area contributed by atoms with E-state index in [4.69, 9.17) is 0 Å². The topological polar surface area (TPSA) is 74.2 Å². The number of carbonyl (C=O) groups excluding carboxylic acids is 1. The number of hydrogen-bond acceptors (Lipinski definition) is 7. The van der Waals surface area contributed by atoms with Crippen molar-refractivity contribution in [1.29, 1.82) is 0 Å². The molecule has 31 heavy (non-hydrogen) atoms. The predicted molar refractivity (Wildman–Crippen MR) is 111 cm³/mol. The number of piperazine rings is 1. The highest BCUT2D eigenvalue weighted by Gasteiger charge is 2.31. The molecule has 1 saturated heterocycles. The molecule has 3 aromatic heterocycles. The summed E-state index contributed by atoms with van der Waals surface area (Å²) >= 11 is 1.40. The van der Waals surface area contributed by atoms with E-state index in [0.717, 1.165) is 12.3 Å². The summed E-state index contributed by atoms with van der Waals surface area (Å²) in [5, 5.41) is 5.61. The van der Waals surface area contributed by atoms with Gasteiger partial charge in [0, 0.05) is 44.0 Å². The smallest absolute Gasteiger partial charge is 0.353 e. The SMILES string of the molecule is O=C(Cc1csc(Nc2ccccn2)n1)N1CCN(c2ccc(C(F)(F)F)cn2)CC1. The first-order valence-electron chi connectivity index (χ1n) is 9.57. The van der Waals surface area contributed by atoms with Crippen molar-refractivity contribution in [3.63, 3.8) is 0 Å². The van der Waals surface area contributed by atoms with Gasteiger partial charge >= 0.3 is 6.18 Å². The number of hydrogen-bond donors (Lipinski definition) is 1. The molecule has 162 valence electrons. The third-order valence-corrected chi connectivity index (χ3v) is 5.62. The van der Waals surface area contributed by atoms with Gasteiger partial charge in [0.15, 0.2) is 5.13 Å². The van der Waals surface area contributed by atoms with Gasteiger partial charge in [-0.3, -0.25) is 4.79 Å². The molecule has 11 heteroatoms. The first-order valence-corrected chi connectivity index (χ1v) is 10.4. The minimum Gasteiger partial charge on any atom is -0.353 e. The van der Waals surface area contributed by atoms with E-state index in [1.54, 1.807) is 11.1 Å². The highest BCUT2D eigenvalue weighted by atomic mass is 32.1. The monoisotopic (exact) mass is 448 g/mol.